The molecular formula is C48H58O4. The van der Waals surface area contributed by atoms with Crippen LogP contribution < -0.4 is 9.47 Å². The first-order valence-electron chi connectivity index (χ1n) is 18.2. The van der Waals surface area contributed by atoms with Crippen molar-refractivity contribution in [1.82, 2.24) is 0 Å². The summed E-state index contributed by atoms with van der Waals surface area (Å²) in [6, 6.07) is 23.7. The summed E-state index contributed by atoms with van der Waals surface area (Å²) in [6.07, 6.45) is 6.15. The second-order valence-electron chi connectivity index (χ2n) is 18.0. The Hall–Kier alpha value is -4.70. The summed E-state index contributed by atoms with van der Waals surface area (Å²) in [5.41, 5.74) is 10.6. The lowest BCUT2D eigenvalue weighted by Crippen LogP contribution is -2.21. The minimum absolute atomic E-state index is 0.223. The van der Waals surface area contributed by atoms with Gasteiger partial charge in [-0.2, -0.15) is 0 Å². The molecule has 0 atom stereocenters. The largest absolute Gasteiger partial charge is 0.426 e. The average Bonchev–Trinajstić information content (AvgIpc) is 3.01. The second kappa shape index (κ2) is 14.7. The maximum Gasteiger partial charge on any atom is 0.308 e. The molecule has 0 aliphatic heterocycles. The van der Waals surface area contributed by atoms with Crippen LogP contribution in [-0.2, 0) is 31.2 Å². The molecule has 0 bridgehead atoms. The monoisotopic (exact) mass is 698 g/mol. The number of ether oxygens (including phenoxy) is 2. The number of hydrogen-bond acceptors (Lipinski definition) is 4. The summed E-state index contributed by atoms with van der Waals surface area (Å²) in [5.74, 6) is 0.702. The highest BCUT2D eigenvalue weighted by Gasteiger charge is 2.30. The molecule has 0 radical (unpaired) electrons. The predicted octanol–water partition coefficient (Wildman–Crippen LogP) is 12.9. The van der Waals surface area contributed by atoms with E-state index in [0.29, 0.717) is 11.5 Å². The van der Waals surface area contributed by atoms with Gasteiger partial charge in [0.15, 0.2) is 0 Å². The normalized spacial score (nSPS) is 12.6. The van der Waals surface area contributed by atoms with E-state index in [1.807, 2.05) is 6.08 Å². The Balaban J connectivity index is 1.72. The molecule has 52 heavy (non-hydrogen) atoms. The van der Waals surface area contributed by atoms with Gasteiger partial charge in [-0.1, -0.05) is 144 Å². The van der Waals surface area contributed by atoms with Crippen LogP contribution in [0.1, 0.15) is 136 Å². The summed E-state index contributed by atoms with van der Waals surface area (Å²) in [4.78, 5) is 24.3. The van der Waals surface area contributed by atoms with Crippen molar-refractivity contribution >= 4 is 30.2 Å². The quantitative estimate of drug-likeness (QED) is 0.110. The van der Waals surface area contributed by atoms with Crippen molar-refractivity contribution in [3.63, 3.8) is 0 Å². The molecule has 274 valence electrons. The first-order chi connectivity index (χ1) is 23.9. The first kappa shape index (κ1) is 40.1. The number of esters is 2. The van der Waals surface area contributed by atoms with Gasteiger partial charge in [-0.15, -0.1) is 0 Å². The van der Waals surface area contributed by atoms with E-state index >= 15 is 0 Å². The van der Waals surface area contributed by atoms with Gasteiger partial charge in [0.2, 0.25) is 0 Å². The van der Waals surface area contributed by atoms with Crippen LogP contribution in [0.2, 0.25) is 0 Å². The molecule has 0 N–H and O–H groups in total. The van der Waals surface area contributed by atoms with E-state index in [1.165, 1.54) is 13.8 Å². The highest BCUT2D eigenvalue weighted by atomic mass is 16.5. The molecule has 0 heterocycles. The summed E-state index contributed by atoms with van der Waals surface area (Å²) >= 11 is 0. The van der Waals surface area contributed by atoms with Gasteiger partial charge in [0.25, 0.3) is 0 Å². The molecule has 0 amide bonds. The molecule has 4 nitrogen and oxygen atoms in total. The van der Waals surface area contributed by atoms with Crippen LogP contribution in [0.4, 0.5) is 0 Å². The SMILES string of the molecule is C=Cc1cc(-c2cc(C(C)(C)C)c(OC(C)=O)c(C(C)(C)C)c2)ccc1/C=C/c1ccc(-c2cc(C(C)(C)C)c(OC(C)=O)c(C(C)(C)C)c2)cc1. The van der Waals surface area contributed by atoms with E-state index in [1.54, 1.807) is 0 Å². The van der Waals surface area contributed by atoms with Gasteiger partial charge < -0.3 is 9.47 Å². The number of benzene rings is 4. The fourth-order valence-electron chi connectivity index (χ4n) is 6.38. The zero-order chi connectivity index (χ0) is 39.0. The number of rotatable bonds is 7. The molecule has 0 unspecified atom stereocenters. The molecule has 0 aliphatic carbocycles. The van der Waals surface area contributed by atoms with Crippen LogP contribution in [0.5, 0.6) is 11.5 Å². The molecule has 0 fully saturated rings. The molecule has 0 saturated heterocycles. The van der Waals surface area contributed by atoms with Crippen molar-refractivity contribution in [2.24, 2.45) is 0 Å². The Labute approximate surface area is 313 Å². The Morgan fingerprint density at radius 3 is 1.19 bits per heavy atom. The minimum atomic E-state index is -0.317. The summed E-state index contributed by atoms with van der Waals surface area (Å²) in [7, 11) is 0. The lowest BCUT2D eigenvalue weighted by Gasteiger charge is -2.30. The molecule has 4 aromatic carbocycles. The van der Waals surface area contributed by atoms with Gasteiger partial charge in [-0.25, -0.2) is 0 Å². The van der Waals surface area contributed by atoms with Gasteiger partial charge in [-0.3, -0.25) is 9.59 Å². The Morgan fingerprint density at radius 2 is 0.846 bits per heavy atom. The second-order valence-corrected chi connectivity index (χ2v) is 18.0. The number of carbonyl (C=O) groups is 2. The van der Waals surface area contributed by atoms with Crippen molar-refractivity contribution in [3.05, 3.63) is 112 Å². The van der Waals surface area contributed by atoms with E-state index in [9.17, 15) is 9.59 Å². The fraction of sp³-hybridized carbons (Fsp3) is 0.375. The van der Waals surface area contributed by atoms with Crippen molar-refractivity contribution in [2.45, 2.75) is 119 Å². The molecule has 0 aromatic heterocycles. The summed E-state index contributed by atoms with van der Waals surface area (Å²) in [5, 5.41) is 0. The van der Waals surface area contributed by atoms with Crippen LogP contribution in [0, 0.1) is 0 Å². The smallest absolute Gasteiger partial charge is 0.308 e. The Morgan fingerprint density at radius 1 is 0.481 bits per heavy atom. The molecule has 4 rings (SSSR count). The van der Waals surface area contributed by atoms with Gasteiger partial charge in [0, 0.05) is 36.1 Å². The topological polar surface area (TPSA) is 52.6 Å². The third-order valence-corrected chi connectivity index (χ3v) is 9.24. The van der Waals surface area contributed by atoms with Crippen LogP contribution >= 0.6 is 0 Å². The first-order valence-corrected chi connectivity index (χ1v) is 18.2. The van der Waals surface area contributed by atoms with Gasteiger partial charge in [0.1, 0.15) is 11.5 Å². The van der Waals surface area contributed by atoms with E-state index < -0.39 is 0 Å². The van der Waals surface area contributed by atoms with Crippen LogP contribution in [0.3, 0.4) is 0 Å². The standard InChI is InChI=1S/C48H58O4/c1-16-33-25-36(38-28-41(47(10,11)12)44(52-31(3)50)42(29-38)48(13,14)15)24-23-34(33)20-17-32-18-21-35(22-19-32)37-26-39(45(4,5)6)43(51-30(2)49)40(27-37)46(7,8)9/h16-29H,1H2,2-15H3/b20-17+. The van der Waals surface area contributed by atoms with E-state index in [4.69, 9.17) is 9.47 Å². The average molecular weight is 699 g/mol. The number of hydrogen-bond donors (Lipinski definition) is 0. The summed E-state index contributed by atoms with van der Waals surface area (Å²) in [6.45, 7) is 32.8. The van der Waals surface area contributed by atoms with Crippen LogP contribution in [0.25, 0.3) is 40.5 Å². The van der Waals surface area contributed by atoms with Crippen LogP contribution in [-0.4, -0.2) is 11.9 Å². The van der Waals surface area contributed by atoms with Crippen molar-refractivity contribution in [3.8, 4) is 33.8 Å². The van der Waals surface area contributed by atoms with Gasteiger partial charge >= 0.3 is 11.9 Å². The maximum absolute atomic E-state index is 12.2. The Kier molecular flexibility index (Phi) is 11.4. The van der Waals surface area contributed by atoms with Crippen molar-refractivity contribution in [1.29, 1.82) is 0 Å². The van der Waals surface area contributed by atoms with Crippen molar-refractivity contribution in [2.75, 3.05) is 0 Å². The fourth-order valence-corrected chi connectivity index (χ4v) is 6.38. The molecule has 4 aromatic rings. The van der Waals surface area contributed by atoms with Gasteiger partial charge in [0.05, 0.1) is 0 Å². The molecule has 0 spiro atoms. The highest BCUT2D eigenvalue weighted by molar-refractivity contribution is 5.81. The zero-order valence-corrected chi connectivity index (χ0v) is 33.9. The molecule has 4 heteroatoms. The third kappa shape index (κ3) is 9.39. The molecule has 0 saturated carbocycles. The third-order valence-electron chi connectivity index (χ3n) is 9.24. The number of carbonyl (C=O) groups excluding carboxylic acids is 2. The lowest BCUT2D eigenvalue weighted by atomic mass is 9.77. The summed E-state index contributed by atoms with van der Waals surface area (Å²) < 4.78 is 11.7. The highest BCUT2D eigenvalue weighted by Crippen LogP contribution is 2.45. The van der Waals surface area contributed by atoms with E-state index in [-0.39, 0.29) is 33.6 Å². The van der Waals surface area contributed by atoms with Gasteiger partial charge in [-0.05, 0) is 90.9 Å². The minimum Gasteiger partial charge on any atom is -0.426 e. The van der Waals surface area contributed by atoms with E-state index in [0.717, 1.165) is 61.2 Å². The van der Waals surface area contributed by atoms with Crippen molar-refractivity contribution < 1.29 is 19.1 Å². The molecule has 0 aliphatic rings. The predicted molar refractivity (Wildman–Crippen MR) is 220 cm³/mol. The Bertz CT molecular complexity index is 1940. The zero-order valence-electron chi connectivity index (χ0n) is 33.9. The van der Waals surface area contributed by atoms with Crippen LogP contribution in [0.15, 0.2) is 73.3 Å². The lowest BCUT2D eigenvalue weighted by molar-refractivity contribution is -0.133. The van der Waals surface area contributed by atoms with E-state index in [2.05, 4.69) is 169 Å². The molecular weight excluding hydrogens is 641 g/mol. The maximum atomic E-state index is 12.2.